The fourth-order valence-corrected chi connectivity index (χ4v) is 1.09. The molecule has 0 amide bonds. The van der Waals surface area contributed by atoms with Crippen LogP contribution in [-0.4, -0.2) is 20.1 Å². The summed E-state index contributed by atoms with van der Waals surface area (Å²) in [4.78, 5) is 21.5. The van der Waals surface area contributed by atoms with Crippen molar-refractivity contribution in [2.24, 2.45) is 5.18 Å². The topological polar surface area (TPSA) is 67.8 Å². The Morgan fingerprint density at radius 2 is 2.21 bits per heavy atom. The van der Waals surface area contributed by atoms with Crippen molar-refractivity contribution in [1.29, 1.82) is 0 Å². The van der Waals surface area contributed by atoms with Crippen LogP contribution in [-0.2, 0) is 4.74 Å². The van der Waals surface area contributed by atoms with Crippen LogP contribution in [0.3, 0.4) is 0 Å². The van der Waals surface area contributed by atoms with Gasteiger partial charge in [0.25, 0.3) is 0 Å². The fraction of sp³-hybridized carbons (Fsp3) is 0.222. The molecule has 1 N–H and O–H groups in total. The molecule has 0 bridgehead atoms. The number of rotatable bonds is 3. The van der Waals surface area contributed by atoms with Crippen molar-refractivity contribution in [2.45, 2.75) is 0 Å². The molecule has 1 aromatic carbocycles. The first-order chi connectivity index (χ1) is 6.72. The number of esters is 1. The molecule has 0 aliphatic carbocycles. The summed E-state index contributed by atoms with van der Waals surface area (Å²) < 4.78 is 4.56. The van der Waals surface area contributed by atoms with Crippen molar-refractivity contribution in [3.63, 3.8) is 0 Å². The van der Waals surface area contributed by atoms with Crippen molar-refractivity contribution < 1.29 is 9.53 Å². The molecule has 1 rings (SSSR count). The van der Waals surface area contributed by atoms with Gasteiger partial charge in [-0.1, -0.05) is 0 Å². The summed E-state index contributed by atoms with van der Waals surface area (Å²) in [5, 5.41) is 5.56. The Balaban J connectivity index is 3.21. The maximum atomic E-state index is 11.3. The molecule has 0 spiro atoms. The molecule has 1 aromatic rings. The quantitative estimate of drug-likeness (QED) is 0.589. The average molecular weight is 194 g/mol. The van der Waals surface area contributed by atoms with Gasteiger partial charge in [-0.15, -0.1) is 4.91 Å². The highest BCUT2D eigenvalue weighted by molar-refractivity contribution is 5.96. The molecule has 0 heterocycles. The standard InChI is InChI=1S/C9H10N2O3/c1-10-8-4-3-6(11-13)5-7(8)9(12)14-2/h3-5,10H,1-2H3. The summed E-state index contributed by atoms with van der Waals surface area (Å²) in [6.07, 6.45) is 0. The van der Waals surface area contributed by atoms with E-state index in [0.717, 1.165) is 0 Å². The average Bonchev–Trinajstić information content (AvgIpc) is 2.27. The molecule has 0 saturated heterocycles. The van der Waals surface area contributed by atoms with E-state index in [1.54, 1.807) is 13.1 Å². The van der Waals surface area contributed by atoms with Crippen molar-refractivity contribution >= 4 is 17.3 Å². The first-order valence-corrected chi connectivity index (χ1v) is 3.96. The third-order valence-electron chi connectivity index (χ3n) is 1.78. The summed E-state index contributed by atoms with van der Waals surface area (Å²) >= 11 is 0. The molecule has 0 unspecified atom stereocenters. The van der Waals surface area contributed by atoms with Crippen molar-refractivity contribution in [1.82, 2.24) is 0 Å². The van der Waals surface area contributed by atoms with E-state index in [-0.39, 0.29) is 5.69 Å². The highest BCUT2D eigenvalue weighted by atomic mass is 16.5. The molecular formula is C9H10N2O3. The van der Waals surface area contributed by atoms with Crippen LogP contribution in [0.1, 0.15) is 10.4 Å². The molecule has 0 radical (unpaired) electrons. The van der Waals surface area contributed by atoms with E-state index in [2.05, 4.69) is 15.2 Å². The van der Waals surface area contributed by atoms with E-state index >= 15 is 0 Å². The second-order valence-corrected chi connectivity index (χ2v) is 2.56. The Kier molecular flexibility index (Phi) is 3.17. The molecular weight excluding hydrogens is 184 g/mol. The smallest absolute Gasteiger partial charge is 0.340 e. The molecule has 0 aromatic heterocycles. The number of hydrogen-bond donors (Lipinski definition) is 1. The van der Waals surface area contributed by atoms with Crippen LogP contribution in [0, 0.1) is 4.91 Å². The number of carbonyl (C=O) groups is 1. The van der Waals surface area contributed by atoms with Gasteiger partial charge < -0.3 is 10.1 Å². The van der Waals surface area contributed by atoms with Crippen LogP contribution in [0.2, 0.25) is 0 Å². The van der Waals surface area contributed by atoms with Gasteiger partial charge in [0.1, 0.15) is 5.69 Å². The molecule has 5 nitrogen and oxygen atoms in total. The minimum absolute atomic E-state index is 0.199. The predicted molar refractivity (Wildman–Crippen MR) is 52.8 cm³/mol. The first kappa shape index (κ1) is 10.2. The van der Waals surface area contributed by atoms with Gasteiger partial charge in [0.05, 0.1) is 12.7 Å². The summed E-state index contributed by atoms with van der Waals surface area (Å²) in [7, 11) is 2.96. The number of nitroso groups, excluding NO2 is 1. The third-order valence-corrected chi connectivity index (χ3v) is 1.78. The summed E-state index contributed by atoms with van der Waals surface area (Å²) in [5.41, 5.74) is 1.10. The van der Waals surface area contributed by atoms with Crippen molar-refractivity contribution in [3.8, 4) is 0 Å². The van der Waals surface area contributed by atoms with Gasteiger partial charge in [0, 0.05) is 12.7 Å². The van der Waals surface area contributed by atoms with E-state index in [1.165, 1.54) is 19.2 Å². The van der Waals surface area contributed by atoms with Crippen molar-refractivity contribution in [3.05, 3.63) is 28.7 Å². The second kappa shape index (κ2) is 4.36. The van der Waals surface area contributed by atoms with E-state index in [4.69, 9.17) is 0 Å². The highest BCUT2D eigenvalue weighted by Gasteiger charge is 2.11. The van der Waals surface area contributed by atoms with Gasteiger partial charge >= 0.3 is 5.97 Å². The minimum atomic E-state index is -0.500. The lowest BCUT2D eigenvalue weighted by molar-refractivity contribution is 0.0602. The van der Waals surface area contributed by atoms with Gasteiger partial charge in [-0.3, -0.25) is 0 Å². The van der Waals surface area contributed by atoms with Gasteiger partial charge in [-0.2, -0.15) is 0 Å². The monoisotopic (exact) mass is 194 g/mol. The zero-order valence-corrected chi connectivity index (χ0v) is 7.90. The van der Waals surface area contributed by atoms with Gasteiger partial charge in [-0.25, -0.2) is 4.79 Å². The lowest BCUT2D eigenvalue weighted by Gasteiger charge is -2.06. The number of hydrogen-bond acceptors (Lipinski definition) is 5. The molecule has 0 atom stereocenters. The van der Waals surface area contributed by atoms with Crippen LogP contribution in [0.4, 0.5) is 11.4 Å². The largest absolute Gasteiger partial charge is 0.465 e. The Morgan fingerprint density at radius 3 is 2.71 bits per heavy atom. The number of nitrogens with one attached hydrogen (secondary N) is 1. The van der Waals surface area contributed by atoms with Crippen molar-refractivity contribution in [2.75, 3.05) is 19.5 Å². The molecule has 0 fully saturated rings. The Hall–Kier alpha value is -1.91. The zero-order chi connectivity index (χ0) is 10.6. The van der Waals surface area contributed by atoms with Crippen LogP contribution in [0.25, 0.3) is 0 Å². The summed E-state index contributed by atoms with van der Waals surface area (Å²) in [6, 6.07) is 4.50. The molecule has 5 heteroatoms. The van der Waals surface area contributed by atoms with Crippen LogP contribution >= 0.6 is 0 Å². The first-order valence-electron chi connectivity index (χ1n) is 3.96. The minimum Gasteiger partial charge on any atom is -0.465 e. The Morgan fingerprint density at radius 1 is 1.50 bits per heavy atom. The molecule has 14 heavy (non-hydrogen) atoms. The maximum Gasteiger partial charge on any atom is 0.340 e. The summed E-state index contributed by atoms with van der Waals surface area (Å²) in [5.74, 6) is -0.500. The fourth-order valence-electron chi connectivity index (χ4n) is 1.09. The number of carbonyl (C=O) groups excluding carboxylic acids is 1. The van der Waals surface area contributed by atoms with E-state index in [1.807, 2.05) is 0 Å². The maximum absolute atomic E-state index is 11.3. The normalized spacial score (nSPS) is 9.29. The highest BCUT2D eigenvalue weighted by Crippen LogP contribution is 2.22. The lowest BCUT2D eigenvalue weighted by atomic mass is 10.1. The number of nitrogens with zero attached hydrogens (tertiary/aromatic N) is 1. The molecule has 0 aliphatic heterocycles. The predicted octanol–water partition coefficient (Wildman–Crippen LogP) is 1.91. The zero-order valence-electron chi connectivity index (χ0n) is 7.90. The summed E-state index contributed by atoms with van der Waals surface area (Å²) in [6.45, 7) is 0. The number of methoxy groups -OCH3 is 1. The molecule has 0 aliphatic rings. The SMILES string of the molecule is CNc1ccc(N=O)cc1C(=O)OC. The van der Waals surface area contributed by atoms with Gasteiger partial charge in [0.15, 0.2) is 0 Å². The third kappa shape index (κ3) is 1.87. The number of ether oxygens (including phenoxy) is 1. The Labute approximate surface area is 81.0 Å². The van der Waals surface area contributed by atoms with Gasteiger partial charge in [0.2, 0.25) is 0 Å². The lowest BCUT2D eigenvalue weighted by Crippen LogP contribution is -2.05. The van der Waals surface area contributed by atoms with Crippen LogP contribution in [0.5, 0.6) is 0 Å². The van der Waals surface area contributed by atoms with Gasteiger partial charge in [-0.05, 0) is 23.4 Å². The number of benzene rings is 1. The van der Waals surface area contributed by atoms with E-state index in [0.29, 0.717) is 11.3 Å². The molecule has 74 valence electrons. The van der Waals surface area contributed by atoms with E-state index < -0.39 is 5.97 Å². The Bertz CT molecular complexity index is 363. The van der Waals surface area contributed by atoms with E-state index in [9.17, 15) is 9.70 Å². The van der Waals surface area contributed by atoms with Crippen LogP contribution < -0.4 is 5.32 Å². The number of anilines is 1. The second-order valence-electron chi connectivity index (χ2n) is 2.56. The molecule has 0 saturated carbocycles. The van der Waals surface area contributed by atoms with Crippen LogP contribution in [0.15, 0.2) is 23.4 Å².